The smallest absolute Gasteiger partial charge is 0.184 e. The Morgan fingerprint density at radius 3 is 3.04 bits per heavy atom. The summed E-state index contributed by atoms with van der Waals surface area (Å²) in [4.78, 5) is 14.3. The Kier molecular flexibility index (Phi) is 4.98. The summed E-state index contributed by atoms with van der Waals surface area (Å²) in [6.07, 6.45) is 2.47. The lowest BCUT2D eigenvalue weighted by atomic mass is 9.99. The normalized spacial score (nSPS) is 15.6. The first kappa shape index (κ1) is 17.5. The fraction of sp³-hybridized carbons (Fsp3) is 0.278. The van der Waals surface area contributed by atoms with Crippen LogP contribution in [0.15, 0.2) is 30.5 Å². The van der Waals surface area contributed by atoms with E-state index in [1.807, 2.05) is 31.2 Å². The minimum Gasteiger partial charge on any atom is -0.369 e. The Morgan fingerprint density at radius 1 is 1.31 bits per heavy atom. The Bertz CT molecular complexity index is 943. The maximum atomic E-state index is 6.37. The van der Waals surface area contributed by atoms with Crippen LogP contribution in [0.1, 0.15) is 27.7 Å². The Labute approximate surface area is 165 Å². The maximum absolute atomic E-state index is 6.37. The number of nitrogens with one attached hydrogen (secondary N) is 2. The number of anilines is 2. The second kappa shape index (κ2) is 7.39. The molecular weight excluding hydrogens is 389 g/mol. The van der Waals surface area contributed by atoms with Gasteiger partial charge in [0.25, 0.3) is 0 Å². The Morgan fingerprint density at radius 2 is 2.19 bits per heavy atom. The van der Waals surface area contributed by atoms with E-state index in [9.17, 15) is 0 Å². The first-order chi connectivity index (χ1) is 12.6. The highest BCUT2D eigenvalue weighted by atomic mass is 35.5. The van der Waals surface area contributed by atoms with Gasteiger partial charge in [0.1, 0.15) is 11.0 Å². The van der Waals surface area contributed by atoms with Crippen LogP contribution >= 0.6 is 34.5 Å². The topological polar surface area (TPSA) is 62.7 Å². The number of aromatic nitrogens is 3. The predicted octanol–water partition coefficient (Wildman–Crippen LogP) is 4.91. The van der Waals surface area contributed by atoms with Gasteiger partial charge >= 0.3 is 0 Å². The fourth-order valence-electron chi connectivity index (χ4n) is 3.05. The number of nitrogens with zero attached hydrogens (tertiary/aromatic N) is 3. The van der Waals surface area contributed by atoms with Crippen LogP contribution in [0, 0.1) is 6.92 Å². The molecule has 5 nitrogen and oxygen atoms in total. The van der Waals surface area contributed by atoms with Gasteiger partial charge < -0.3 is 10.6 Å². The first-order valence-corrected chi connectivity index (χ1v) is 9.86. The van der Waals surface area contributed by atoms with Crippen LogP contribution in [0.3, 0.4) is 0 Å². The third kappa shape index (κ3) is 3.77. The largest absolute Gasteiger partial charge is 0.369 e. The van der Waals surface area contributed by atoms with Gasteiger partial charge in [0.2, 0.25) is 0 Å². The number of hydrogen-bond acceptors (Lipinski definition) is 6. The molecule has 8 heteroatoms. The first-order valence-electron chi connectivity index (χ1n) is 8.29. The number of pyridine rings is 2. The Balaban J connectivity index is 1.45. The standard InChI is InChI=1S/C18H17Cl2N5S/c1-10-3-2-4-13(24-10)9-23-18-25-16(20)15(26-18)5-11-7-21-17-14(11)6-12(19)8-22-17/h2-4,6,8,11H,5,7,9H2,1H3,(H,21,22)(H,23,25). The molecule has 134 valence electrons. The van der Waals surface area contributed by atoms with Crippen LogP contribution in [-0.4, -0.2) is 21.5 Å². The van der Waals surface area contributed by atoms with Gasteiger partial charge in [-0.3, -0.25) is 4.98 Å². The molecule has 0 fully saturated rings. The summed E-state index contributed by atoms with van der Waals surface area (Å²) in [6.45, 7) is 3.43. The summed E-state index contributed by atoms with van der Waals surface area (Å²) in [6, 6.07) is 7.96. The van der Waals surface area contributed by atoms with E-state index < -0.39 is 0 Å². The molecule has 2 N–H and O–H groups in total. The van der Waals surface area contributed by atoms with Crippen molar-refractivity contribution in [3.8, 4) is 0 Å². The van der Waals surface area contributed by atoms with Gasteiger partial charge in [0, 0.05) is 34.8 Å². The molecule has 4 heterocycles. The van der Waals surface area contributed by atoms with Crippen molar-refractivity contribution < 1.29 is 0 Å². The predicted molar refractivity (Wildman–Crippen MR) is 108 cm³/mol. The van der Waals surface area contributed by atoms with Gasteiger partial charge in [-0.05, 0) is 31.5 Å². The molecule has 1 aliphatic heterocycles. The molecule has 3 aromatic heterocycles. The number of hydrogen-bond donors (Lipinski definition) is 2. The molecule has 1 aliphatic rings. The molecule has 0 saturated carbocycles. The Hall–Kier alpha value is -1.89. The molecule has 0 spiro atoms. The van der Waals surface area contributed by atoms with Crippen LogP contribution in [-0.2, 0) is 13.0 Å². The second-order valence-electron chi connectivity index (χ2n) is 6.23. The average molecular weight is 406 g/mol. The number of fused-ring (bicyclic) bond motifs is 1. The minimum absolute atomic E-state index is 0.292. The lowest BCUT2D eigenvalue weighted by molar-refractivity contribution is 0.760. The number of aryl methyl sites for hydroxylation is 1. The summed E-state index contributed by atoms with van der Waals surface area (Å²) in [5.74, 6) is 1.20. The highest BCUT2D eigenvalue weighted by Crippen LogP contribution is 2.37. The van der Waals surface area contributed by atoms with E-state index in [-0.39, 0.29) is 0 Å². The molecule has 0 saturated heterocycles. The second-order valence-corrected chi connectivity index (χ2v) is 8.11. The summed E-state index contributed by atoms with van der Waals surface area (Å²) in [7, 11) is 0. The van der Waals surface area contributed by atoms with Gasteiger partial charge in [0.15, 0.2) is 5.13 Å². The van der Waals surface area contributed by atoms with E-state index >= 15 is 0 Å². The zero-order valence-electron chi connectivity index (χ0n) is 14.1. The zero-order valence-corrected chi connectivity index (χ0v) is 16.4. The van der Waals surface area contributed by atoms with E-state index in [4.69, 9.17) is 23.2 Å². The number of halogens is 2. The monoisotopic (exact) mass is 405 g/mol. The summed E-state index contributed by atoms with van der Waals surface area (Å²) < 4.78 is 0. The van der Waals surface area contributed by atoms with Crippen molar-refractivity contribution in [1.29, 1.82) is 0 Å². The SMILES string of the molecule is Cc1cccc(CNc2nc(Cl)c(CC3CNc4ncc(Cl)cc43)s2)n1. The number of thiazole rings is 1. The van der Waals surface area contributed by atoms with Crippen molar-refractivity contribution >= 4 is 45.5 Å². The van der Waals surface area contributed by atoms with Crippen molar-refractivity contribution in [3.63, 3.8) is 0 Å². The molecule has 1 atom stereocenters. The van der Waals surface area contributed by atoms with Crippen LogP contribution in [0.25, 0.3) is 0 Å². The van der Waals surface area contributed by atoms with Gasteiger partial charge in [-0.25, -0.2) is 9.97 Å². The van der Waals surface area contributed by atoms with E-state index in [2.05, 4.69) is 25.6 Å². The van der Waals surface area contributed by atoms with Gasteiger partial charge in [-0.1, -0.05) is 29.3 Å². The van der Waals surface area contributed by atoms with Crippen LogP contribution in [0.4, 0.5) is 10.9 Å². The summed E-state index contributed by atoms with van der Waals surface area (Å²) in [5, 5.41) is 8.65. The molecule has 3 aromatic rings. The highest BCUT2D eigenvalue weighted by Gasteiger charge is 2.26. The van der Waals surface area contributed by atoms with Crippen molar-refractivity contribution in [2.75, 3.05) is 17.2 Å². The minimum atomic E-state index is 0.292. The quantitative estimate of drug-likeness (QED) is 0.630. The molecule has 4 rings (SSSR count). The summed E-state index contributed by atoms with van der Waals surface area (Å²) >= 11 is 14.1. The third-order valence-electron chi connectivity index (χ3n) is 4.29. The van der Waals surface area contributed by atoms with Gasteiger partial charge in [0.05, 0.1) is 17.3 Å². The van der Waals surface area contributed by atoms with Crippen LogP contribution in [0.5, 0.6) is 0 Å². The van der Waals surface area contributed by atoms with E-state index in [1.165, 1.54) is 0 Å². The molecule has 0 bridgehead atoms. The third-order valence-corrected chi connectivity index (χ3v) is 5.95. The molecule has 26 heavy (non-hydrogen) atoms. The molecule has 0 aromatic carbocycles. The summed E-state index contributed by atoms with van der Waals surface area (Å²) in [5.41, 5.74) is 3.12. The average Bonchev–Trinajstić information content (AvgIpc) is 3.17. The molecule has 0 radical (unpaired) electrons. The van der Waals surface area contributed by atoms with Gasteiger partial charge in [-0.15, -0.1) is 11.3 Å². The van der Waals surface area contributed by atoms with Crippen molar-refractivity contribution in [3.05, 3.63) is 62.5 Å². The van der Waals surface area contributed by atoms with Gasteiger partial charge in [-0.2, -0.15) is 0 Å². The van der Waals surface area contributed by atoms with Crippen LogP contribution < -0.4 is 10.6 Å². The van der Waals surface area contributed by atoms with Crippen molar-refractivity contribution in [1.82, 2.24) is 15.0 Å². The van der Waals surface area contributed by atoms with Crippen molar-refractivity contribution in [2.45, 2.75) is 25.8 Å². The van der Waals surface area contributed by atoms with E-state index in [0.717, 1.165) is 45.7 Å². The molecule has 1 unspecified atom stereocenters. The maximum Gasteiger partial charge on any atom is 0.184 e. The van der Waals surface area contributed by atoms with E-state index in [0.29, 0.717) is 22.6 Å². The number of rotatable bonds is 5. The fourth-order valence-corrected chi connectivity index (χ4v) is 4.47. The molecule has 0 amide bonds. The zero-order chi connectivity index (χ0) is 18.1. The lowest BCUT2D eigenvalue weighted by Crippen LogP contribution is -2.04. The molecular formula is C18H17Cl2N5S. The molecule has 0 aliphatic carbocycles. The highest BCUT2D eigenvalue weighted by molar-refractivity contribution is 7.16. The van der Waals surface area contributed by atoms with Crippen molar-refractivity contribution in [2.24, 2.45) is 0 Å². The van der Waals surface area contributed by atoms with E-state index in [1.54, 1.807) is 17.5 Å². The van der Waals surface area contributed by atoms with Crippen LogP contribution in [0.2, 0.25) is 10.2 Å². The lowest BCUT2D eigenvalue weighted by Gasteiger charge is -2.08.